The topological polar surface area (TPSA) is 70.9 Å². The van der Waals surface area contributed by atoms with Crippen LogP contribution in [0.4, 0.5) is 0 Å². The average Bonchev–Trinajstić information content (AvgIpc) is 2.60. The molecule has 17 heavy (non-hydrogen) atoms. The first-order valence-corrected chi connectivity index (χ1v) is 5.59. The number of carbonyl (C=O) groups is 1. The van der Waals surface area contributed by atoms with E-state index >= 15 is 0 Å². The number of nitrogens with one attached hydrogen (secondary N) is 2. The Hall–Kier alpha value is -1.88. The van der Waals surface area contributed by atoms with Gasteiger partial charge in [0, 0.05) is 10.9 Å². The van der Waals surface area contributed by atoms with Crippen LogP contribution < -0.4 is 11.1 Å². The molecule has 0 aliphatic carbocycles. The molecule has 0 aliphatic rings. The van der Waals surface area contributed by atoms with Crippen LogP contribution >= 0.6 is 12.2 Å². The predicted octanol–water partition coefficient (Wildman–Crippen LogP) is 1.76. The largest absolute Gasteiger partial charge is 0.376 e. The summed E-state index contributed by atoms with van der Waals surface area (Å²) in [7, 11) is 0. The maximum absolute atomic E-state index is 11.7. The van der Waals surface area contributed by atoms with Crippen LogP contribution in [0.3, 0.4) is 0 Å². The number of thiocarbonyl (C=S) groups is 1. The molecule has 1 aromatic carbocycles. The normalized spacial score (nSPS) is 10.5. The molecule has 0 aliphatic heterocycles. The quantitative estimate of drug-likeness (QED) is 0.672. The highest BCUT2D eigenvalue weighted by Gasteiger charge is 2.11. The molecule has 4 N–H and O–H groups in total. The number of aromatic nitrogens is 1. The van der Waals surface area contributed by atoms with E-state index in [0.717, 1.165) is 22.0 Å². The Kier molecular flexibility index (Phi) is 2.85. The van der Waals surface area contributed by atoms with E-state index < -0.39 is 0 Å². The van der Waals surface area contributed by atoms with Gasteiger partial charge >= 0.3 is 0 Å². The second-order valence-corrected chi connectivity index (χ2v) is 4.49. The average molecular weight is 247 g/mol. The highest BCUT2D eigenvalue weighted by molar-refractivity contribution is 7.80. The minimum atomic E-state index is -0.314. The van der Waals surface area contributed by atoms with Gasteiger partial charge in [-0.1, -0.05) is 11.6 Å². The van der Waals surface area contributed by atoms with Gasteiger partial charge < -0.3 is 10.7 Å². The Balaban J connectivity index is 2.48. The third kappa shape index (κ3) is 2.29. The van der Waals surface area contributed by atoms with Gasteiger partial charge in [0.25, 0.3) is 5.91 Å². The van der Waals surface area contributed by atoms with Crippen molar-refractivity contribution >= 4 is 34.1 Å². The van der Waals surface area contributed by atoms with Gasteiger partial charge in [-0.25, -0.2) is 0 Å². The van der Waals surface area contributed by atoms with Crippen LogP contribution in [-0.4, -0.2) is 16.0 Å². The summed E-state index contributed by atoms with van der Waals surface area (Å²) in [6.45, 7) is 4.02. The van der Waals surface area contributed by atoms with Gasteiger partial charge in [-0.15, -0.1) is 0 Å². The SMILES string of the molecule is Cc1cc(C)c2[nH]c(C(=O)NC(N)=S)cc2c1. The lowest BCUT2D eigenvalue weighted by molar-refractivity contribution is 0.0973. The summed E-state index contributed by atoms with van der Waals surface area (Å²) in [6.07, 6.45) is 0. The number of amides is 1. The summed E-state index contributed by atoms with van der Waals surface area (Å²) in [6, 6.07) is 5.88. The fourth-order valence-electron chi connectivity index (χ4n) is 1.91. The lowest BCUT2D eigenvalue weighted by atomic mass is 10.1. The van der Waals surface area contributed by atoms with Crippen molar-refractivity contribution in [3.8, 4) is 0 Å². The van der Waals surface area contributed by atoms with Crippen LogP contribution in [0.25, 0.3) is 10.9 Å². The molecule has 0 fully saturated rings. The molecule has 0 spiro atoms. The van der Waals surface area contributed by atoms with E-state index in [1.807, 2.05) is 19.9 Å². The van der Waals surface area contributed by atoms with E-state index in [1.165, 1.54) is 0 Å². The number of fused-ring (bicyclic) bond motifs is 1. The molecule has 4 nitrogen and oxygen atoms in total. The summed E-state index contributed by atoms with van der Waals surface area (Å²) in [5.74, 6) is -0.314. The Labute approximate surface area is 104 Å². The molecule has 2 aromatic rings. The van der Waals surface area contributed by atoms with Crippen LogP contribution in [-0.2, 0) is 0 Å². The van der Waals surface area contributed by atoms with Crippen LogP contribution in [0.15, 0.2) is 18.2 Å². The molecule has 0 bridgehead atoms. The van der Waals surface area contributed by atoms with Gasteiger partial charge in [0.05, 0.1) is 0 Å². The monoisotopic (exact) mass is 247 g/mol. The first-order chi connectivity index (χ1) is 7.97. The van der Waals surface area contributed by atoms with Crippen LogP contribution in [0.1, 0.15) is 21.6 Å². The van der Waals surface area contributed by atoms with Gasteiger partial charge in [0.2, 0.25) is 0 Å². The Bertz CT molecular complexity index is 615. The highest BCUT2D eigenvalue weighted by atomic mass is 32.1. The molecular formula is C12H13N3OS. The van der Waals surface area contributed by atoms with E-state index in [4.69, 9.17) is 5.73 Å². The maximum atomic E-state index is 11.7. The number of aryl methyl sites for hydroxylation is 2. The molecule has 88 valence electrons. The lowest BCUT2D eigenvalue weighted by Crippen LogP contribution is -2.34. The second-order valence-electron chi connectivity index (χ2n) is 4.05. The van der Waals surface area contributed by atoms with E-state index in [0.29, 0.717) is 5.69 Å². The van der Waals surface area contributed by atoms with Gasteiger partial charge in [-0.05, 0) is 43.8 Å². The minimum absolute atomic E-state index is 0.0263. The van der Waals surface area contributed by atoms with Crippen LogP contribution in [0.2, 0.25) is 0 Å². The smallest absolute Gasteiger partial charge is 0.273 e. The number of nitrogens with two attached hydrogens (primary N) is 1. The van der Waals surface area contributed by atoms with Crippen molar-refractivity contribution in [2.24, 2.45) is 5.73 Å². The molecule has 0 atom stereocenters. The summed E-state index contributed by atoms with van der Waals surface area (Å²) < 4.78 is 0. The summed E-state index contributed by atoms with van der Waals surface area (Å²) in [4.78, 5) is 14.8. The molecule has 0 saturated carbocycles. The van der Waals surface area contributed by atoms with Gasteiger partial charge in [0.15, 0.2) is 5.11 Å². The third-order valence-electron chi connectivity index (χ3n) is 2.55. The van der Waals surface area contributed by atoms with Crippen molar-refractivity contribution in [3.63, 3.8) is 0 Å². The molecular weight excluding hydrogens is 234 g/mol. The summed E-state index contributed by atoms with van der Waals surface area (Å²) >= 11 is 4.63. The Morgan fingerprint density at radius 3 is 2.71 bits per heavy atom. The summed E-state index contributed by atoms with van der Waals surface area (Å²) in [5.41, 5.74) is 8.95. The first-order valence-electron chi connectivity index (χ1n) is 5.18. The number of carbonyl (C=O) groups excluding carboxylic acids is 1. The van der Waals surface area contributed by atoms with E-state index in [9.17, 15) is 4.79 Å². The standard InChI is InChI=1S/C12H13N3OS/c1-6-3-7(2)10-8(4-6)5-9(14-10)11(16)15-12(13)17/h3-5,14H,1-2H3,(H3,13,15,16,17). The Morgan fingerprint density at radius 1 is 1.35 bits per heavy atom. The minimum Gasteiger partial charge on any atom is -0.376 e. The van der Waals surface area contributed by atoms with Gasteiger partial charge in [-0.2, -0.15) is 0 Å². The first kappa shape index (κ1) is 11.6. The maximum Gasteiger partial charge on any atom is 0.273 e. The Morgan fingerprint density at radius 2 is 2.06 bits per heavy atom. The fraction of sp³-hybridized carbons (Fsp3) is 0.167. The zero-order valence-electron chi connectivity index (χ0n) is 9.63. The number of hydrogen-bond donors (Lipinski definition) is 3. The number of H-pyrrole nitrogens is 1. The number of benzene rings is 1. The predicted molar refractivity (Wildman–Crippen MR) is 72.0 cm³/mol. The fourth-order valence-corrected chi connectivity index (χ4v) is 2.01. The van der Waals surface area contributed by atoms with Gasteiger partial charge in [-0.3, -0.25) is 10.1 Å². The van der Waals surface area contributed by atoms with Crippen LogP contribution in [0, 0.1) is 13.8 Å². The zero-order valence-corrected chi connectivity index (χ0v) is 10.4. The van der Waals surface area contributed by atoms with E-state index in [-0.39, 0.29) is 11.0 Å². The number of hydrogen-bond acceptors (Lipinski definition) is 2. The van der Waals surface area contributed by atoms with Crippen molar-refractivity contribution in [1.82, 2.24) is 10.3 Å². The van der Waals surface area contributed by atoms with Crippen molar-refractivity contribution in [2.75, 3.05) is 0 Å². The van der Waals surface area contributed by atoms with Crippen molar-refractivity contribution in [1.29, 1.82) is 0 Å². The van der Waals surface area contributed by atoms with Gasteiger partial charge in [0.1, 0.15) is 5.69 Å². The molecule has 0 saturated heterocycles. The third-order valence-corrected chi connectivity index (χ3v) is 2.65. The van der Waals surface area contributed by atoms with Crippen LogP contribution in [0.5, 0.6) is 0 Å². The molecule has 0 unspecified atom stereocenters. The van der Waals surface area contributed by atoms with Crippen molar-refractivity contribution in [3.05, 3.63) is 35.0 Å². The number of aromatic amines is 1. The molecule has 5 heteroatoms. The van der Waals surface area contributed by atoms with E-state index in [2.05, 4.69) is 28.6 Å². The van der Waals surface area contributed by atoms with Crippen molar-refractivity contribution < 1.29 is 4.79 Å². The molecule has 1 heterocycles. The molecule has 0 radical (unpaired) electrons. The number of rotatable bonds is 1. The highest BCUT2D eigenvalue weighted by Crippen LogP contribution is 2.21. The zero-order chi connectivity index (χ0) is 12.6. The van der Waals surface area contributed by atoms with Crippen molar-refractivity contribution in [2.45, 2.75) is 13.8 Å². The molecule has 2 rings (SSSR count). The second kappa shape index (κ2) is 4.18. The summed E-state index contributed by atoms with van der Waals surface area (Å²) in [5, 5.41) is 3.38. The van der Waals surface area contributed by atoms with E-state index in [1.54, 1.807) is 6.07 Å². The molecule has 1 aromatic heterocycles. The molecule has 1 amide bonds. The lowest BCUT2D eigenvalue weighted by Gasteiger charge is -1.99.